The summed E-state index contributed by atoms with van der Waals surface area (Å²) in [4.78, 5) is 8.87. The van der Waals surface area contributed by atoms with Crippen LogP contribution >= 0.6 is 11.8 Å². The summed E-state index contributed by atoms with van der Waals surface area (Å²) in [6.07, 6.45) is 0. The largest absolute Gasteiger partial charge is 0.399 e. The minimum absolute atomic E-state index is 0.770. The summed E-state index contributed by atoms with van der Waals surface area (Å²) in [6, 6.07) is 15.8. The van der Waals surface area contributed by atoms with E-state index < -0.39 is 0 Å². The molecule has 3 aromatic rings. The van der Waals surface area contributed by atoms with Crippen LogP contribution in [-0.2, 0) is 0 Å². The monoisotopic (exact) mass is 241 g/mol. The molecule has 1 heterocycles. The van der Waals surface area contributed by atoms with E-state index in [1.165, 1.54) is 0 Å². The molecule has 0 unspecified atom stereocenters. The summed E-state index contributed by atoms with van der Waals surface area (Å²) >= 11 is 1.58. The fourth-order valence-electron chi connectivity index (χ4n) is 1.67. The summed E-state index contributed by atoms with van der Waals surface area (Å²) in [5, 5.41) is 0.886. The Labute approximate surface area is 103 Å². The van der Waals surface area contributed by atoms with E-state index in [0.717, 1.165) is 26.8 Å². The molecule has 0 saturated heterocycles. The molecule has 0 bridgehead atoms. The van der Waals surface area contributed by atoms with E-state index in [9.17, 15) is 0 Å². The van der Waals surface area contributed by atoms with Crippen LogP contribution in [0.25, 0.3) is 11.0 Å². The number of aromatic amines is 1. The van der Waals surface area contributed by atoms with Gasteiger partial charge in [-0.2, -0.15) is 0 Å². The minimum atomic E-state index is 0.770. The molecule has 4 heteroatoms. The Hall–Kier alpha value is -1.94. The number of nitrogen functional groups attached to an aromatic ring is 1. The summed E-state index contributed by atoms with van der Waals surface area (Å²) in [6.45, 7) is 0. The van der Waals surface area contributed by atoms with Gasteiger partial charge in [-0.3, -0.25) is 0 Å². The topological polar surface area (TPSA) is 54.7 Å². The number of imidazole rings is 1. The first-order valence-electron chi connectivity index (χ1n) is 5.29. The third-order valence-electron chi connectivity index (χ3n) is 2.44. The van der Waals surface area contributed by atoms with Crippen LogP contribution in [0.1, 0.15) is 0 Å². The molecule has 0 radical (unpaired) electrons. The molecule has 0 aliphatic heterocycles. The maximum absolute atomic E-state index is 5.74. The van der Waals surface area contributed by atoms with E-state index in [-0.39, 0.29) is 0 Å². The Morgan fingerprint density at radius 2 is 1.94 bits per heavy atom. The van der Waals surface area contributed by atoms with Gasteiger partial charge < -0.3 is 10.7 Å². The van der Waals surface area contributed by atoms with Gasteiger partial charge in [-0.1, -0.05) is 30.0 Å². The van der Waals surface area contributed by atoms with Gasteiger partial charge in [0.25, 0.3) is 0 Å². The highest BCUT2D eigenvalue weighted by molar-refractivity contribution is 7.99. The molecule has 0 amide bonds. The van der Waals surface area contributed by atoms with Crippen LogP contribution in [0.4, 0.5) is 5.69 Å². The predicted octanol–water partition coefficient (Wildman–Crippen LogP) is 3.30. The second kappa shape index (κ2) is 4.14. The molecule has 0 saturated carbocycles. The first-order chi connectivity index (χ1) is 8.31. The Balaban J connectivity index is 1.94. The molecule has 3 nitrogen and oxygen atoms in total. The van der Waals surface area contributed by atoms with E-state index in [2.05, 4.69) is 9.97 Å². The SMILES string of the molecule is Nc1cccc(Sc2nc3ccccc3[nH]2)c1. The van der Waals surface area contributed by atoms with Crippen molar-refractivity contribution >= 4 is 28.5 Å². The van der Waals surface area contributed by atoms with Crippen LogP contribution in [0.5, 0.6) is 0 Å². The first kappa shape index (κ1) is 10.2. The van der Waals surface area contributed by atoms with Crippen molar-refractivity contribution in [2.45, 2.75) is 10.1 Å². The van der Waals surface area contributed by atoms with Crippen molar-refractivity contribution in [2.24, 2.45) is 0 Å². The molecule has 0 fully saturated rings. The fraction of sp³-hybridized carbons (Fsp3) is 0. The second-order valence-corrected chi connectivity index (χ2v) is 4.80. The standard InChI is InChI=1S/C13H11N3S/c14-9-4-3-5-10(8-9)17-13-15-11-6-1-2-7-12(11)16-13/h1-8H,14H2,(H,15,16). The molecule has 1 aromatic heterocycles. The van der Waals surface area contributed by atoms with Crippen LogP contribution < -0.4 is 5.73 Å². The molecule has 3 rings (SSSR count). The zero-order valence-corrected chi connectivity index (χ0v) is 9.87. The third-order valence-corrected chi connectivity index (χ3v) is 3.32. The van der Waals surface area contributed by atoms with Gasteiger partial charge in [0.15, 0.2) is 5.16 Å². The smallest absolute Gasteiger partial charge is 0.171 e. The zero-order valence-electron chi connectivity index (χ0n) is 9.05. The van der Waals surface area contributed by atoms with Gasteiger partial charge in [-0.15, -0.1) is 0 Å². The molecule has 2 aromatic carbocycles. The molecular formula is C13H11N3S. The maximum Gasteiger partial charge on any atom is 0.171 e. The van der Waals surface area contributed by atoms with Gasteiger partial charge in [0.2, 0.25) is 0 Å². The van der Waals surface area contributed by atoms with Crippen molar-refractivity contribution in [3.05, 3.63) is 48.5 Å². The number of aromatic nitrogens is 2. The van der Waals surface area contributed by atoms with E-state index in [1.54, 1.807) is 11.8 Å². The Morgan fingerprint density at radius 3 is 2.76 bits per heavy atom. The van der Waals surface area contributed by atoms with Crippen LogP contribution in [0.2, 0.25) is 0 Å². The van der Waals surface area contributed by atoms with Gasteiger partial charge >= 0.3 is 0 Å². The number of para-hydroxylation sites is 2. The zero-order chi connectivity index (χ0) is 11.7. The normalized spacial score (nSPS) is 10.8. The lowest BCUT2D eigenvalue weighted by atomic mass is 10.3. The van der Waals surface area contributed by atoms with Gasteiger partial charge in [0.1, 0.15) is 0 Å². The Bertz CT molecular complexity index is 627. The fourth-order valence-corrected chi connectivity index (χ4v) is 2.54. The molecule has 0 aliphatic rings. The lowest BCUT2D eigenvalue weighted by molar-refractivity contribution is 1.08. The van der Waals surface area contributed by atoms with Crippen molar-refractivity contribution < 1.29 is 0 Å². The number of hydrogen-bond donors (Lipinski definition) is 2. The van der Waals surface area contributed by atoms with Crippen LogP contribution in [0.15, 0.2) is 58.6 Å². The highest BCUT2D eigenvalue weighted by Gasteiger charge is 2.03. The van der Waals surface area contributed by atoms with Crippen molar-refractivity contribution in [2.75, 3.05) is 5.73 Å². The molecule has 0 spiro atoms. The van der Waals surface area contributed by atoms with Crippen molar-refractivity contribution in [1.82, 2.24) is 9.97 Å². The number of H-pyrrole nitrogens is 1. The second-order valence-electron chi connectivity index (χ2n) is 3.73. The van der Waals surface area contributed by atoms with E-state index in [0.29, 0.717) is 0 Å². The number of nitrogens with two attached hydrogens (primary N) is 1. The van der Waals surface area contributed by atoms with Crippen LogP contribution in [0.3, 0.4) is 0 Å². The quantitative estimate of drug-likeness (QED) is 0.677. The van der Waals surface area contributed by atoms with Crippen LogP contribution in [0, 0.1) is 0 Å². The van der Waals surface area contributed by atoms with Crippen LogP contribution in [-0.4, -0.2) is 9.97 Å². The third kappa shape index (κ3) is 2.12. The number of nitrogens with zero attached hydrogens (tertiary/aromatic N) is 1. The average Bonchev–Trinajstić information content (AvgIpc) is 2.71. The number of fused-ring (bicyclic) bond motifs is 1. The Morgan fingerprint density at radius 1 is 1.06 bits per heavy atom. The summed E-state index contributed by atoms with van der Waals surface area (Å²) in [5.41, 5.74) is 8.55. The maximum atomic E-state index is 5.74. The lowest BCUT2D eigenvalue weighted by Crippen LogP contribution is -1.83. The highest BCUT2D eigenvalue weighted by Crippen LogP contribution is 2.28. The minimum Gasteiger partial charge on any atom is -0.399 e. The van der Waals surface area contributed by atoms with E-state index >= 15 is 0 Å². The molecule has 3 N–H and O–H groups in total. The molecular weight excluding hydrogens is 230 g/mol. The molecule has 0 atom stereocenters. The van der Waals surface area contributed by atoms with Gasteiger partial charge in [0, 0.05) is 10.6 Å². The van der Waals surface area contributed by atoms with Gasteiger partial charge in [-0.05, 0) is 30.3 Å². The summed E-state index contributed by atoms with van der Waals surface area (Å²) in [5.74, 6) is 0. The highest BCUT2D eigenvalue weighted by atomic mass is 32.2. The van der Waals surface area contributed by atoms with Gasteiger partial charge in [-0.25, -0.2) is 4.98 Å². The van der Waals surface area contributed by atoms with Gasteiger partial charge in [0.05, 0.1) is 11.0 Å². The van der Waals surface area contributed by atoms with Crippen molar-refractivity contribution in [3.8, 4) is 0 Å². The lowest BCUT2D eigenvalue weighted by Gasteiger charge is -1.98. The van der Waals surface area contributed by atoms with Crippen molar-refractivity contribution in [3.63, 3.8) is 0 Å². The summed E-state index contributed by atoms with van der Waals surface area (Å²) in [7, 11) is 0. The average molecular weight is 241 g/mol. The Kier molecular flexibility index (Phi) is 2.49. The number of nitrogens with one attached hydrogen (secondary N) is 1. The molecule has 17 heavy (non-hydrogen) atoms. The molecule has 0 aliphatic carbocycles. The number of hydrogen-bond acceptors (Lipinski definition) is 3. The van der Waals surface area contributed by atoms with Crippen molar-refractivity contribution in [1.29, 1.82) is 0 Å². The van der Waals surface area contributed by atoms with E-state index in [1.807, 2.05) is 48.5 Å². The summed E-state index contributed by atoms with van der Waals surface area (Å²) < 4.78 is 0. The predicted molar refractivity (Wildman–Crippen MR) is 71.1 cm³/mol. The first-order valence-corrected chi connectivity index (χ1v) is 6.11. The number of benzene rings is 2. The molecule has 84 valence electrons. The number of rotatable bonds is 2. The number of anilines is 1. The van der Waals surface area contributed by atoms with E-state index in [4.69, 9.17) is 5.73 Å².